The summed E-state index contributed by atoms with van der Waals surface area (Å²) in [5.41, 5.74) is 8.98. The lowest BCUT2D eigenvalue weighted by molar-refractivity contribution is -0.121. The highest BCUT2D eigenvalue weighted by atomic mass is 35.5. The van der Waals surface area contributed by atoms with Gasteiger partial charge in [-0.1, -0.05) is 41.4 Å². The Kier molecular flexibility index (Phi) is 6.72. The van der Waals surface area contributed by atoms with Gasteiger partial charge in [-0.25, -0.2) is 0 Å². The number of rotatable bonds is 5. The lowest BCUT2D eigenvalue weighted by atomic mass is 9.77. The van der Waals surface area contributed by atoms with E-state index in [0.717, 1.165) is 0 Å². The van der Waals surface area contributed by atoms with Gasteiger partial charge in [-0.15, -0.1) is 0 Å². The fourth-order valence-corrected chi connectivity index (χ4v) is 5.66. The number of pyridine rings is 1. The summed E-state index contributed by atoms with van der Waals surface area (Å²) in [6, 6.07) is 11.9. The number of ether oxygens (including phenoxy) is 1. The van der Waals surface area contributed by atoms with Gasteiger partial charge in [-0.2, -0.15) is 0 Å². The number of benzene rings is 2. The number of carbonyl (C=O) groups is 2. The van der Waals surface area contributed by atoms with Crippen LogP contribution in [0, 0.1) is 0 Å². The third-order valence-corrected chi connectivity index (χ3v) is 7.35. The highest BCUT2D eigenvalue weighted by Crippen LogP contribution is 2.47. The summed E-state index contributed by atoms with van der Waals surface area (Å²) >= 11 is 12.7. The second-order valence-corrected chi connectivity index (χ2v) is 9.68. The van der Waals surface area contributed by atoms with E-state index in [9.17, 15) is 19.8 Å². The summed E-state index contributed by atoms with van der Waals surface area (Å²) < 4.78 is 5.45. The topological polar surface area (TPSA) is 126 Å². The van der Waals surface area contributed by atoms with Crippen molar-refractivity contribution in [2.75, 3.05) is 13.2 Å². The molecular weight excluding hydrogens is 505 g/mol. The van der Waals surface area contributed by atoms with E-state index in [4.69, 9.17) is 33.7 Å². The molecule has 10 heteroatoms. The Bertz CT molecular complexity index is 1350. The van der Waals surface area contributed by atoms with Crippen LogP contribution in [-0.2, 0) is 16.1 Å². The molecule has 0 radical (unpaired) electrons. The average molecular weight is 528 g/mol. The molecule has 36 heavy (non-hydrogen) atoms. The van der Waals surface area contributed by atoms with Gasteiger partial charge in [-0.3, -0.25) is 14.6 Å². The van der Waals surface area contributed by atoms with Gasteiger partial charge >= 0.3 is 0 Å². The van der Waals surface area contributed by atoms with Gasteiger partial charge in [0.2, 0.25) is 5.91 Å². The molecule has 2 aromatic carbocycles. The molecule has 2 amide bonds. The molecule has 0 aliphatic carbocycles. The quantitative estimate of drug-likeness (QED) is 0.468. The van der Waals surface area contributed by atoms with Gasteiger partial charge in [0.05, 0.1) is 49.6 Å². The van der Waals surface area contributed by atoms with Crippen LogP contribution in [0.4, 0.5) is 0 Å². The molecule has 4 atom stereocenters. The number of carbonyl (C=O) groups excluding carboxylic acids is 2. The number of hydrogen-bond acceptors (Lipinski definition) is 6. The van der Waals surface area contributed by atoms with Crippen molar-refractivity contribution < 1.29 is 24.5 Å². The molecule has 5 rings (SSSR count). The maximum atomic E-state index is 13.9. The molecule has 2 aliphatic rings. The molecule has 0 bridgehead atoms. The zero-order valence-corrected chi connectivity index (χ0v) is 20.5. The van der Waals surface area contributed by atoms with Crippen molar-refractivity contribution in [2.45, 2.75) is 30.7 Å². The molecule has 0 spiro atoms. The van der Waals surface area contributed by atoms with Crippen LogP contribution in [0.25, 0.3) is 11.1 Å². The Hall–Kier alpha value is -3.01. The maximum absolute atomic E-state index is 13.9. The molecule has 1 aromatic heterocycles. The minimum absolute atomic E-state index is 0.0630. The molecule has 4 unspecified atom stereocenters. The van der Waals surface area contributed by atoms with Crippen LogP contribution in [0.15, 0.2) is 54.7 Å². The van der Waals surface area contributed by atoms with Crippen LogP contribution in [0.3, 0.4) is 0 Å². The largest absolute Gasteiger partial charge is 0.390 e. The van der Waals surface area contributed by atoms with E-state index in [-0.39, 0.29) is 36.3 Å². The fraction of sp³-hybridized carbons (Fsp3) is 0.269. The first kappa shape index (κ1) is 24.7. The zero-order chi connectivity index (χ0) is 25.6. The Morgan fingerprint density at radius 1 is 1.11 bits per heavy atom. The molecule has 3 aromatic rings. The molecular formula is C26H23Cl2N3O5. The Morgan fingerprint density at radius 3 is 2.58 bits per heavy atom. The van der Waals surface area contributed by atoms with Crippen molar-refractivity contribution in [3.63, 3.8) is 0 Å². The predicted molar refractivity (Wildman–Crippen MR) is 134 cm³/mol. The van der Waals surface area contributed by atoms with Crippen molar-refractivity contribution in [1.29, 1.82) is 0 Å². The SMILES string of the molecule is NC(=O)C1c2cc(-c3cccnc3CO)ccc2C(=O)N(C2COCC2O)C1c1ccc(Cl)cc1Cl. The number of nitrogens with zero attached hydrogens (tertiary/aromatic N) is 2. The van der Waals surface area contributed by atoms with Crippen molar-refractivity contribution in [1.82, 2.24) is 9.88 Å². The van der Waals surface area contributed by atoms with Gasteiger partial charge in [-0.05, 0) is 47.0 Å². The van der Waals surface area contributed by atoms with Crippen LogP contribution >= 0.6 is 23.2 Å². The first-order valence-electron chi connectivity index (χ1n) is 11.3. The van der Waals surface area contributed by atoms with Crippen LogP contribution in [0.1, 0.15) is 39.1 Å². The smallest absolute Gasteiger partial charge is 0.255 e. The molecule has 4 N–H and O–H groups in total. The number of aliphatic hydroxyl groups excluding tert-OH is 2. The highest BCUT2D eigenvalue weighted by molar-refractivity contribution is 6.35. The molecule has 2 aliphatic heterocycles. The monoisotopic (exact) mass is 527 g/mol. The molecule has 0 saturated carbocycles. The summed E-state index contributed by atoms with van der Waals surface area (Å²) in [6.07, 6.45) is 0.633. The van der Waals surface area contributed by atoms with Gasteiger partial charge in [0.25, 0.3) is 5.91 Å². The summed E-state index contributed by atoms with van der Waals surface area (Å²) in [6.45, 7) is -0.113. The second kappa shape index (κ2) is 9.80. The number of nitrogens with two attached hydrogens (primary N) is 1. The van der Waals surface area contributed by atoms with Crippen molar-refractivity contribution in [3.8, 4) is 11.1 Å². The summed E-state index contributed by atoms with van der Waals surface area (Å²) in [7, 11) is 0. The van der Waals surface area contributed by atoms with Crippen LogP contribution in [-0.4, -0.2) is 57.3 Å². The second-order valence-electron chi connectivity index (χ2n) is 8.83. The molecule has 3 heterocycles. The zero-order valence-electron chi connectivity index (χ0n) is 19.0. The van der Waals surface area contributed by atoms with Gasteiger partial charge in [0.1, 0.15) is 0 Å². The van der Waals surface area contributed by atoms with E-state index in [1.54, 1.807) is 48.7 Å². The van der Waals surface area contributed by atoms with Crippen LogP contribution < -0.4 is 5.73 Å². The number of aliphatic hydroxyl groups is 2. The van der Waals surface area contributed by atoms with Crippen molar-refractivity contribution >= 4 is 35.0 Å². The average Bonchev–Trinajstić information content (AvgIpc) is 3.28. The minimum atomic E-state index is -0.988. The summed E-state index contributed by atoms with van der Waals surface area (Å²) in [4.78, 5) is 32.7. The normalized spacial score (nSPS) is 23.6. The standard InChI is InChI=1S/C26H23Cl2N3O5/c27-14-4-6-17(19(28)9-14)24-23(25(29)34)18-8-13(15-2-1-7-30-20(15)10-32)3-5-16(18)26(35)31(24)21-11-36-12-22(21)33/h1-9,21-24,32-33H,10-12H2,(H2,29,34). The third-order valence-electron chi connectivity index (χ3n) is 6.78. The van der Waals surface area contributed by atoms with E-state index in [1.165, 1.54) is 11.0 Å². The Labute approximate surface area is 217 Å². The first-order chi connectivity index (χ1) is 17.3. The van der Waals surface area contributed by atoms with Gasteiger partial charge in [0, 0.05) is 27.4 Å². The number of hydrogen-bond donors (Lipinski definition) is 3. The lowest BCUT2D eigenvalue weighted by Gasteiger charge is -2.45. The molecule has 186 valence electrons. The molecule has 1 fully saturated rings. The number of aromatic nitrogens is 1. The van der Waals surface area contributed by atoms with Crippen LogP contribution in [0.2, 0.25) is 10.0 Å². The fourth-order valence-electron chi connectivity index (χ4n) is 5.14. The number of amides is 2. The first-order valence-corrected chi connectivity index (χ1v) is 12.1. The van der Waals surface area contributed by atoms with E-state index in [2.05, 4.69) is 4.98 Å². The Morgan fingerprint density at radius 2 is 1.92 bits per heavy atom. The van der Waals surface area contributed by atoms with E-state index in [0.29, 0.717) is 33.0 Å². The molecule has 8 nitrogen and oxygen atoms in total. The lowest BCUT2D eigenvalue weighted by Crippen LogP contribution is -2.54. The number of fused-ring (bicyclic) bond motifs is 1. The van der Waals surface area contributed by atoms with E-state index < -0.39 is 30.0 Å². The predicted octanol–water partition coefficient (Wildman–Crippen LogP) is 3.07. The summed E-state index contributed by atoms with van der Waals surface area (Å²) in [5, 5.41) is 21.1. The van der Waals surface area contributed by atoms with E-state index in [1.807, 2.05) is 0 Å². The van der Waals surface area contributed by atoms with Gasteiger partial charge < -0.3 is 25.6 Å². The van der Waals surface area contributed by atoms with Gasteiger partial charge in [0.15, 0.2) is 0 Å². The highest BCUT2D eigenvalue weighted by Gasteiger charge is 2.49. The summed E-state index contributed by atoms with van der Waals surface area (Å²) in [5.74, 6) is -2.03. The Balaban J connectivity index is 1.74. The minimum Gasteiger partial charge on any atom is -0.390 e. The number of halogens is 2. The molecule has 1 saturated heterocycles. The maximum Gasteiger partial charge on any atom is 0.255 e. The van der Waals surface area contributed by atoms with E-state index >= 15 is 0 Å². The third kappa shape index (κ3) is 4.15. The van der Waals surface area contributed by atoms with Crippen LogP contribution in [0.5, 0.6) is 0 Å². The van der Waals surface area contributed by atoms with Crippen molar-refractivity contribution in [3.05, 3.63) is 87.2 Å². The van der Waals surface area contributed by atoms with Crippen molar-refractivity contribution in [2.24, 2.45) is 5.73 Å². The number of primary amides is 1.